The van der Waals surface area contributed by atoms with E-state index in [2.05, 4.69) is 40.7 Å². The Morgan fingerprint density at radius 2 is 1.95 bits per heavy atom. The van der Waals surface area contributed by atoms with Crippen LogP contribution >= 0.6 is 12.2 Å². The van der Waals surface area contributed by atoms with Gasteiger partial charge in [-0.1, -0.05) is 44.7 Å². The van der Waals surface area contributed by atoms with Crippen LogP contribution in [0.4, 0.5) is 0 Å². The lowest BCUT2D eigenvalue weighted by atomic mass is 9.81. The first kappa shape index (κ1) is 12.9. The van der Waals surface area contributed by atoms with E-state index in [4.69, 9.17) is 12.2 Å². The molecule has 1 aromatic carbocycles. The molecule has 1 aromatic heterocycles. The van der Waals surface area contributed by atoms with Crippen LogP contribution in [0.2, 0.25) is 0 Å². The van der Waals surface area contributed by atoms with Gasteiger partial charge in [-0.3, -0.25) is 0 Å². The number of hydrogen-bond donors (Lipinski definition) is 1. The summed E-state index contributed by atoms with van der Waals surface area (Å²) in [4.78, 5) is 3.30. The number of H-pyrrole nitrogens is 1. The molecule has 1 aliphatic rings. The number of aromatic amines is 1. The summed E-state index contributed by atoms with van der Waals surface area (Å²) >= 11 is 5.45. The Morgan fingerprint density at radius 3 is 2.74 bits per heavy atom. The van der Waals surface area contributed by atoms with Crippen molar-refractivity contribution in [2.24, 2.45) is 11.8 Å². The van der Waals surface area contributed by atoms with Gasteiger partial charge in [0.15, 0.2) is 4.77 Å². The van der Waals surface area contributed by atoms with E-state index in [0.29, 0.717) is 0 Å². The smallest absolute Gasteiger partial charge is 0.178 e. The predicted octanol–water partition coefficient (Wildman–Crippen LogP) is 4.92. The van der Waals surface area contributed by atoms with E-state index in [1.807, 2.05) is 0 Å². The third-order valence-corrected chi connectivity index (χ3v) is 4.90. The maximum atomic E-state index is 5.45. The molecule has 0 aliphatic heterocycles. The highest BCUT2D eigenvalue weighted by molar-refractivity contribution is 7.71. The van der Waals surface area contributed by atoms with E-state index in [1.54, 1.807) is 0 Å². The van der Waals surface area contributed by atoms with Gasteiger partial charge in [0.2, 0.25) is 0 Å². The summed E-state index contributed by atoms with van der Waals surface area (Å²) in [6.45, 7) is 3.44. The van der Waals surface area contributed by atoms with Crippen molar-refractivity contribution in [2.75, 3.05) is 0 Å². The van der Waals surface area contributed by atoms with E-state index in [0.717, 1.165) is 28.7 Å². The van der Waals surface area contributed by atoms with Gasteiger partial charge >= 0.3 is 0 Å². The Morgan fingerprint density at radius 1 is 1.21 bits per heavy atom. The van der Waals surface area contributed by atoms with Gasteiger partial charge in [0, 0.05) is 6.54 Å². The molecule has 0 spiro atoms. The number of fused-ring (bicyclic) bond motifs is 1. The zero-order valence-electron chi connectivity index (χ0n) is 11.6. The quantitative estimate of drug-likeness (QED) is 0.788. The fourth-order valence-corrected chi connectivity index (χ4v) is 3.56. The maximum absolute atomic E-state index is 5.45. The Bertz CT molecular complexity index is 602. The van der Waals surface area contributed by atoms with Gasteiger partial charge in [0.05, 0.1) is 11.0 Å². The minimum Gasteiger partial charge on any atom is -0.331 e. The Kier molecular flexibility index (Phi) is 3.74. The summed E-state index contributed by atoms with van der Waals surface area (Å²) in [6.07, 6.45) is 6.88. The molecule has 0 atom stereocenters. The monoisotopic (exact) mass is 274 g/mol. The molecule has 1 saturated carbocycles. The zero-order chi connectivity index (χ0) is 13.2. The van der Waals surface area contributed by atoms with Gasteiger partial charge in [-0.2, -0.15) is 0 Å². The lowest BCUT2D eigenvalue weighted by Gasteiger charge is -2.26. The minimum absolute atomic E-state index is 0.866. The summed E-state index contributed by atoms with van der Waals surface area (Å²) in [6, 6.07) is 8.40. The summed E-state index contributed by atoms with van der Waals surface area (Å²) < 4.78 is 3.13. The molecule has 1 fully saturated rings. The third-order valence-electron chi connectivity index (χ3n) is 4.58. The standard InChI is InChI=1S/C16H22N2S/c1-12-6-8-13(9-7-12)10-11-18-15-5-3-2-4-14(15)17-16(18)19/h2-5,12-13H,6-11H2,1H3,(H,17,19). The van der Waals surface area contributed by atoms with E-state index >= 15 is 0 Å². The Hall–Kier alpha value is -1.09. The molecule has 2 nitrogen and oxygen atoms in total. The number of imidazole rings is 1. The lowest BCUT2D eigenvalue weighted by Crippen LogP contribution is -2.14. The number of aryl methyl sites for hydroxylation is 1. The molecule has 3 heteroatoms. The van der Waals surface area contributed by atoms with Gasteiger partial charge in [-0.15, -0.1) is 0 Å². The third kappa shape index (κ3) is 2.76. The highest BCUT2D eigenvalue weighted by Crippen LogP contribution is 2.31. The van der Waals surface area contributed by atoms with Crippen LogP contribution in [-0.4, -0.2) is 9.55 Å². The van der Waals surface area contributed by atoms with E-state index < -0.39 is 0 Å². The first-order chi connectivity index (χ1) is 9.24. The zero-order valence-corrected chi connectivity index (χ0v) is 12.4. The summed E-state index contributed by atoms with van der Waals surface area (Å²) in [5.74, 6) is 1.83. The van der Waals surface area contributed by atoms with Gasteiger partial charge in [0.1, 0.15) is 0 Å². The molecule has 1 aliphatic carbocycles. The number of nitrogens with zero attached hydrogens (tertiary/aromatic N) is 1. The van der Waals surface area contributed by atoms with Crippen molar-refractivity contribution in [1.82, 2.24) is 9.55 Å². The van der Waals surface area contributed by atoms with Crippen LogP contribution in [0.15, 0.2) is 24.3 Å². The summed E-state index contributed by atoms with van der Waals surface area (Å²) in [7, 11) is 0. The normalized spacial score (nSPS) is 23.8. The number of rotatable bonds is 3. The average molecular weight is 274 g/mol. The van der Waals surface area contributed by atoms with Crippen LogP contribution in [0.5, 0.6) is 0 Å². The molecule has 19 heavy (non-hydrogen) atoms. The largest absolute Gasteiger partial charge is 0.331 e. The second kappa shape index (κ2) is 5.49. The fourth-order valence-electron chi connectivity index (χ4n) is 3.26. The molecule has 102 valence electrons. The number of para-hydroxylation sites is 2. The molecule has 0 bridgehead atoms. The highest BCUT2D eigenvalue weighted by atomic mass is 32.1. The first-order valence-corrected chi connectivity index (χ1v) is 7.82. The Balaban J connectivity index is 1.72. The molecule has 0 saturated heterocycles. The van der Waals surface area contributed by atoms with Crippen molar-refractivity contribution in [1.29, 1.82) is 0 Å². The number of nitrogens with one attached hydrogen (secondary N) is 1. The van der Waals surface area contributed by atoms with E-state index in [1.165, 1.54) is 37.6 Å². The van der Waals surface area contributed by atoms with Gasteiger partial charge in [0.25, 0.3) is 0 Å². The van der Waals surface area contributed by atoms with Crippen molar-refractivity contribution in [3.63, 3.8) is 0 Å². The lowest BCUT2D eigenvalue weighted by molar-refractivity contribution is 0.269. The summed E-state index contributed by atoms with van der Waals surface area (Å²) in [5, 5.41) is 0. The predicted molar refractivity (Wildman–Crippen MR) is 82.9 cm³/mol. The van der Waals surface area contributed by atoms with Crippen molar-refractivity contribution in [3.05, 3.63) is 29.0 Å². The van der Waals surface area contributed by atoms with Gasteiger partial charge in [-0.05, 0) is 42.6 Å². The minimum atomic E-state index is 0.866. The van der Waals surface area contributed by atoms with Crippen molar-refractivity contribution in [3.8, 4) is 0 Å². The Labute approximate surface area is 119 Å². The summed E-state index contributed by atoms with van der Waals surface area (Å²) in [5.41, 5.74) is 2.40. The van der Waals surface area contributed by atoms with E-state index in [-0.39, 0.29) is 0 Å². The van der Waals surface area contributed by atoms with Crippen LogP contribution in [0.3, 0.4) is 0 Å². The molecule has 1 heterocycles. The molecule has 0 amide bonds. The van der Waals surface area contributed by atoms with Crippen LogP contribution in [0, 0.1) is 16.6 Å². The second-order valence-corrected chi connectivity index (χ2v) is 6.40. The fraction of sp³-hybridized carbons (Fsp3) is 0.562. The van der Waals surface area contributed by atoms with Crippen LogP contribution < -0.4 is 0 Å². The number of hydrogen-bond acceptors (Lipinski definition) is 1. The van der Waals surface area contributed by atoms with Crippen LogP contribution in [0.25, 0.3) is 11.0 Å². The molecule has 0 radical (unpaired) electrons. The van der Waals surface area contributed by atoms with Crippen molar-refractivity contribution in [2.45, 2.75) is 45.6 Å². The van der Waals surface area contributed by atoms with Crippen LogP contribution in [0.1, 0.15) is 39.0 Å². The van der Waals surface area contributed by atoms with Crippen LogP contribution in [-0.2, 0) is 6.54 Å². The molecular formula is C16H22N2S. The van der Waals surface area contributed by atoms with Crippen molar-refractivity contribution < 1.29 is 0 Å². The molecule has 3 rings (SSSR count). The first-order valence-electron chi connectivity index (χ1n) is 7.41. The SMILES string of the molecule is CC1CCC(CCn2c(=S)[nH]c3ccccc32)CC1. The topological polar surface area (TPSA) is 20.7 Å². The molecule has 0 unspecified atom stereocenters. The number of aromatic nitrogens is 2. The van der Waals surface area contributed by atoms with Gasteiger partial charge < -0.3 is 9.55 Å². The highest BCUT2D eigenvalue weighted by Gasteiger charge is 2.18. The number of benzene rings is 1. The maximum Gasteiger partial charge on any atom is 0.178 e. The average Bonchev–Trinajstić information content (AvgIpc) is 2.74. The van der Waals surface area contributed by atoms with Gasteiger partial charge in [-0.25, -0.2) is 0 Å². The molecular weight excluding hydrogens is 252 g/mol. The molecule has 2 aromatic rings. The second-order valence-electron chi connectivity index (χ2n) is 6.01. The molecule has 1 N–H and O–H groups in total. The van der Waals surface area contributed by atoms with Crippen molar-refractivity contribution >= 4 is 23.3 Å². The van der Waals surface area contributed by atoms with E-state index in [9.17, 15) is 0 Å².